The number of benzene rings is 2. The lowest BCUT2D eigenvalue weighted by molar-refractivity contribution is 0.00521. The molecule has 0 aromatic heterocycles. The van der Waals surface area contributed by atoms with E-state index in [1.807, 2.05) is 48.5 Å². The average Bonchev–Trinajstić information content (AvgIpc) is 2.66. The summed E-state index contributed by atoms with van der Waals surface area (Å²) in [5.41, 5.74) is 2.12. The molecule has 1 unspecified atom stereocenters. The van der Waals surface area contributed by atoms with Crippen LogP contribution >= 0.6 is 0 Å². The van der Waals surface area contributed by atoms with E-state index in [-0.39, 0.29) is 6.61 Å². The number of hydrogen-bond acceptors (Lipinski definition) is 5. The first-order valence-corrected chi connectivity index (χ1v) is 8.30. The van der Waals surface area contributed by atoms with Gasteiger partial charge in [0, 0.05) is 6.61 Å². The molecule has 0 aliphatic heterocycles. The minimum atomic E-state index is -0.533. The van der Waals surface area contributed by atoms with E-state index >= 15 is 0 Å². The Bertz CT molecular complexity index is 594. The third-order valence-electron chi connectivity index (χ3n) is 3.76. The van der Waals surface area contributed by atoms with Gasteiger partial charge in [0.25, 0.3) is 0 Å². The summed E-state index contributed by atoms with van der Waals surface area (Å²) >= 11 is 0. The van der Waals surface area contributed by atoms with E-state index in [0.29, 0.717) is 26.2 Å². The standard InChI is InChI=1S/C20H26O5/c1-22-19-7-3-16(4-8-19)13-24-12-11-18(21)15-25-14-17-5-9-20(23-2)10-6-17/h3-10,18,21H,11-15H2,1-2H3. The smallest absolute Gasteiger partial charge is 0.118 e. The van der Waals surface area contributed by atoms with Gasteiger partial charge in [-0.05, 0) is 41.8 Å². The molecule has 0 radical (unpaired) electrons. The summed E-state index contributed by atoms with van der Waals surface area (Å²) in [4.78, 5) is 0. The molecule has 0 spiro atoms. The van der Waals surface area contributed by atoms with Crippen molar-refractivity contribution in [2.75, 3.05) is 27.4 Å². The first kappa shape index (κ1) is 19.2. The highest BCUT2D eigenvalue weighted by Gasteiger charge is 2.05. The topological polar surface area (TPSA) is 57.2 Å². The van der Waals surface area contributed by atoms with Crippen molar-refractivity contribution in [2.45, 2.75) is 25.7 Å². The number of ether oxygens (including phenoxy) is 4. The van der Waals surface area contributed by atoms with E-state index in [4.69, 9.17) is 18.9 Å². The molecule has 25 heavy (non-hydrogen) atoms. The SMILES string of the molecule is COc1ccc(COCCC(O)COCc2ccc(OC)cc2)cc1. The van der Waals surface area contributed by atoms with Crippen molar-refractivity contribution >= 4 is 0 Å². The number of aliphatic hydroxyl groups is 1. The van der Waals surface area contributed by atoms with Crippen LogP contribution in [0, 0.1) is 0 Å². The van der Waals surface area contributed by atoms with E-state index < -0.39 is 6.10 Å². The van der Waals surface area contributed by atoms with E-state index in [0.717, 1.165) is 22.6 Å². The van der Waals surface area contributed by atoms with Crippen molar-refractivity contribution in [3.05, 3.63) is 59.7 Å². The molecule has 0 bridgehead atoms. The van der Waals surface area contributed by atoms with Crippen LogP contribution < -0.4 is 9.47 Å². The van der Waals surface area contributed by atoms with E-state index in [2.05, 4.69) is 0 Å². The van der Waals surface area contributed by atoms with Gasteiger partial charge in [-0.3, -0.25) is 0 Å². The maximum Gasteiger partial charge on any atom is 0.118 e. The predicted molar refractivity (Wildman–Crippen MR) is 95.9 cm³/mol. The molecule has 2 aromatic carbocycles. The fraction of sp³-hybridized carbons (Fsp3) is 0.400. The molecule has 136 valence electrons. The Hall–Kier alpha value is -2.08. The van der Waals surface area contributed by atoms with Crippen LogP contribution in [0.15, 0.2) is 48.5 Å². The molecule has 1 atom stereocenters. The monoisotopic (exact) mass is 346 g/mol. The van der Waals surface area contributed by atoms with Gasteiger partial charge >= 0.3 is 0 Å². The van der Waals surface area contributed by atoms with Gasteiger partial charge in [0.15, 0.2) is 0 Å². The van der Waals surface area contributed by atoms with Crippen LogP contribution in [0.2, 0.25) is 0 Å². The number of aliphatic hydroxyl groups excluding tert-OH is 1. The molecule has 0 saturated carbocycles. The molecule has 0 aliphatic carbocycles. The van der Waals surface area contributed by atoms with Crippen LogP contribution in [-0.4, -0.2) is 38.6 Å². The molecule has 0 fully saturated rings. The fourth-order valence-electron chi connectivity index (χ4n) is 2.25. The Labute approximate surface area is 149 Å². The zero-order valence-electron chi connectivity index (χ0n) is 14.8. The van der Waals surface area contributed by atoms with E-state index in [9.17, 15) is 5.11 Å². The molecular formula is C20H26O5. The third kappa shape index (κ3) is 7.13. The van der Waals surface area contributed by atoms with Gasteiger partial charge in [-0.25, -0.2) is 0 Å². The van der Waals surface area contributed by atoms with Gasteiger partial charge in [0.2, 0.25) is 0 Å². The highest BCUT2D eigenvalue weighted by atomic mass is 16.5. The van der Waals surface area contributed by atoms with Crippen molar-refractivity contribution < 1.29 is 24.1 Å². The van der Waals surface area contributed by atoms with Crippen LogP contribution in [0.4, 0.5) is 0 Å². The molecule has 2 rings (SSSR count). The third-order valence-corrected chi connectivity index (χ3v) is 3.76. The first-order chi connectivity index (χ1) is 12.2. The molecule has 0 aliphatic rings. The Morgan fingerprint density at radius 3 is 1.72 bits per heavy atom. The molecule has 0 amide bonds. The van der Waals surface area contributed by atoms with Gasteiger partial charge in [-0.1, -0.05) is 24.3 Å². The molecule has 0 heterocycles. The summed E-state index contributed by atoms with van der Waals surface area (Å²) in [5, 5.41) is 9.93. The summed E-state index contributed by atoms with van der Waals surface area (Å²) in [6.45, 7) is 1.76. The zero-order chi connectivity index (χ0) is 17.9. The maximum atomic E-state index is 9.93. The van der Waals surface area contributed by atoms with Crippen molar-refractivity contribution in [1.29, 1.82) is 0 Å². The predicted octanol–water partition coefficient (Wildman–Crippen LogP) is 3.19. The molecule has 5 nitrogen and oxygen atoms in total. The van der Waals surface area contributed by atoms with Crippen molar-refractivity contribution in [3.63, 3.8) is 0 Å². The van der Waals surface area contributed by atoms with Crippen LogP contribution in [0.25, 0.3) is 0 Å². The van der Waals surface area contributed by atoms with Crippen LogP contribution in [-0.2, 0) is 22.7 Å². The highest BCUT2D eigenvalue weighted by Crippen LogP contribution is 2.13. The summed E-state index contributed by atoms with van der Waals surface area (Å²) in [6.07, 6.45) is 0.00722. The summed E-state index contributed by atoms with van der Waals surface area (Å²) in [7, 11) is 3.28. The second kappa shape index (κ2) is 10.7. The first-order valence-electron chi connectivity index (χ1n) is 8.30. The number of methoxy groups -OCH3 is 2. The maximum absolute atomic E-state index is 9.93. The largest absolute Gasteiger partial charge is 0.497 e. The quantitative estimate of drug-likeness (QED) is 0.633. The van der Waals surface area contributed by atoms with Crippen LogP contribution in [0.1, 0.15) is 17.5 Å². The van der Waals surface area contributed by atoms with Gasteiger partial charge < -0.3 is 24.1 Å². The molecule has 5 heteroatoms. The average molecular weight is 346 g/mol. The van der Waals surface area contributed by atoms with Gasteiger partial charge in [0.05, 0.1) is 40.1 Å². The fourth-order valence-corrected chi connectivity index (χ4v) is 2.25. The molecular weight excluding hydrogens is 320 g/mol. The highest BCUT2D eigenvalue weighted by molar-refractivity contribution is 5.27. The number of rotatable bonds is 11. The van der Waals surface area contributed by atoms with Crippen molar-refractivity contribution in [2.24, 2.45) is 0 Å². The van der Waals surface area contributed by atoms with Crippen LogP contribution in [0.5, 0.6) is 11.5 Å². The van der Waals surface area contributed by atoms with E-state index in [1.54, 1.807) is 14.2 Å². The van der Waals surface area contributed by atoms with Crippen molar-refractivity contribution in [3.8, 4) is 11.5 Å². The number of hydrogen-bond donors (Lipinski definition) is 1. The zero-order valence-corrected chi connectivity index (χ0v) is 14.8. The van der Waals surface area contributed by atoms with Crippen LogP contribution in [0.3, 0.4) is 0 Å². The second-order valence-electron chi connectivity index (χ2n) is 5.71. The lowest BCUT2D eigenvalue weighted by Gasteiger charge is -2.12. The second-order valence-corrected chi connectivity index (χ2v) is 5.71. The summed E-state index contributed by atoms with van der Waals surface area (Å²) < 4.78 is 21.3. The minimum absolute atomic E-state index is 0.290. The summed E-state index contributed by atoms with van der Waals surface area (Å²) in [6, 6.07) is 15.4. The van der Waals surface area contributed by atoms with Crippen molar-refractivity contribution in [1.82, 2.24) is 0 Å². The van der Waals surface area contributed by atoms with Gasteiger partial charge in [-0.2, -0.15) is 0 Å². The van der Waals surface area contributed by atoms with Gasteiger partial charge in [0.1, 0.15) is 11.5 Å². The Morgan fingerprint density at radius 1 is 0.760 bits per heavy atom. The summed E-state index contributed by atoms with van der Waals surface area (Å²) in [5.74, 6) is 1.64. The minimum Gasteiger partial charge on any atom is -0.497 e. The molecule has 0 saturated heterocycles. The van der Waals surface area contributed by atoms with Gasteiger partial charge in [-0.15, -0.1) is 0 Å². The van der Waals surface area contributed by atoms with E-state index in [1.165, 1.54) is 0 Å². The Morgan fingerprint density at radius 2 is 1.24 bits per heavy atom. The molecule has 1 N–H and O–H groups in total. The molecule has 2 aromatic rings. The lowest BCUT2D eigenvalue weighted by Crippen LogP contribution is -2.17. The Kier molecular flexibility index (Phi) is 8.25. The lowest BCUT2D eigenvalue weighted by atomic mass is 10.2. The normalized spacial score (nSPS) is 12.0. The Balaban J connectivity index is 1.56.